The monoisotopic (exact) mass is 466 g/mol. The summed E-state index contributed by atoms with van der Waals surface area (Å²) in [6, 6.07) is 20.4. The van der Waals surface area contributed by atoms with Crippen molar-refractivity contribution in [3.05, 3.63) is 95.9 Å². The highest BCUT2D eigenvalue weighted by Gasteiger charge is 2.32. The largest absolute Gasteiger partial charge is 0.384 e. The number of aromatic nitrogens is 1. The van der Waals surface area contributed by atoms with E-state index in [9.17, 15) is 15.3 Å². The van der Waals surface area contributed by atoms with Crippen LogP contribution in [0.3, 0.4) is 0 Å². The fraction of sp³-hybridized carbons (Fsp3) is 0.250. The molecule has 0 fully saturated rings. The molecule has 6 heteroatoms. The van der Waals surface area contributed by atoms with Crippen molar-refractivity contribution in [2.24, 2.45) is 5.73 Å². The first kappa shape index (κ1) is 23.3. The number of nitrogens with zero attached hydrogens (tertiary/aromatic N) is 3. The van der Waals surface area contributed by atoms with Gasteiger partial charge in [0.05, 0.1) is 33.7 Å². The second-order valence-electron chi connectivity index (χ2n) is 9.07. The lowest BCUT2D eigenvalue weighted by molar-refractivity contribution is 0.861. The molecule has 2 aromatic carbocycles. The molecule has 4 rings (SSSR count). The first-order valence-electron chi connectivity index (χ1n) is 11.2. The molecule has 1 atom stereocenters. The van der Waals surface area contributed by atoms with E-state index in [0.717, 1.165) is 11.1 Å². The molecular weight excluding hydrogens is 440 g/mol. The Morgan fingerprint density at radius 1 is 0.912 bits per heavy atom. The molecule has 0 saturated heterocycles. The molecule has 0 aliphatic carbocycles. The number of fused-ring (bicyclic) bond motifs is 1. The minimum atomic E-state index is -0.604. The molecule has 3 aromatic rings. The Morgan fingerprint density at radius 2 is 1.44 bits per heavy atom. The third kappa shape index (κ3) is 3.98. The molecule has 0 bridgehead atoms. The van der Waals surface area contributed by atoms with Crippen LogP contribution in [-0.2, 0) is 0 Å². The SMILES string of the molecule is CC(C)c1ccc(/C=c2/sc3n(c2=O)C(N)=C(C#N)C(c2ccc(C(C)C)cc2)C=3C#N)cc1. The lowest BCUT2D eigenvalue weighted by Crippen LogP contribution is -2.38. The van der Waals surface area contributed by atoms with Crippen LogP contribution in [0.1, 0.15) is 67.7 Å². The number of thiazole rings is 1. The number of hydrogen-bond donors (Lipinski definition) is 1. The minimum absolute atomic E-state index is 0.0884. The van der Waals surface area contributed by atoms with E-state index in [1.165, 1.54) is 27.0 Å². The third-order valence-corrected chi connectivity index (χ3v) is 7.33. The molecule has 2 N–H and O–H groups in total. The Kier molecular flexibility index (Phi) is 6.28. The quantitative estimate of drug-likeness (QED) is 0.626. The van der Waals surface area contributed by atoms with Crippen molar-refractivity contribution < 1.29 is 0 Å². The molecule has 1 aliphatic heterocycles. The predicted molar refractivity (Wildman–Crippen MR) is 137 cm³/mol. The average molecular weight is 467 g/mol. The van der Waals surface area contributed by atoms with Gasteiger partial charge < -0.3 is 5.73 Å². The van der Waals surface area contributed by atoms with Crippen LogP contribution in [0.5, 0.6) is 0 Å². The van der Waals surface area contributed by atoms with Gasteiger partial charge >= 0.3 is 0 Å². The lowest BCUT2D eigenvalue weighted by atomic mass is 9.83. The molecule has 1 unspecified atom stereocenters. The van der Waals surface area contributed by atoms with E-state index >= 15 is 0 Å². The van der Waals surface area contributed by atoms with Crippen molar-refractivity contribution in [1.82, 2.24) is 4.57 Å². The van der Waals surface area contributed by atoms with Gasteiger partial charge in [-0.05, 0) is 40.2 Å². The number of rotatable bonds is 4. The van der Waals surface area contributed by atoms with Crippen molar-refractivity contribution in [1.29, 1.82) is 10.5 Å². The van der Waals surface area contributed by atoms with E-state index in [2.05, 4.69) is 39.8 Å². The maximum absolute atomic E-state index is 13.3. The van der Waals surface area contributed by atoms with Crippen molar-refractivity contribution in [2.45, 2.75) is 45.4 Å². The van der Waals surface area contributed by atoms with E-state index in [4.69, 9.17) is 5.73 Å². The van der Waals surface area contributed by atoms with Gasteiger partial charge in [-0.1, -0.05) is 76.2 Å². The Labute approximate surface area is 203 Å². The van der Waals surface area contributed by atoms with Gasteiger partial charge in [0.1, 0.15) is 10.5 Å². The maximum atomic E-state index is 13.3. The second-order valence-corrected chi connectivity index (χ2v) is 10.1. The number of benzene rings is 2. The Hall–Kier alpha value is -3.87. The van der Waals surface area contributed by atoms with Crippen molar-refractivity contribution in [3.8, 4) is 12.1 Å². The zero-order valence-electron chi connectivity index (χ0n) is 19.7. The summed E-state index contributed by atoms with van der Waals surface area (Å²) >= 11 is 1.23. The van der Waals surface area contributed by atoms with Gasteiger partial charge in [0.15, 0.2) is 0 Å². The van der Waals surface area contributed by atoms with E-state index in [1.807, 2.05) is 54.6 Å². The zero-order valence-corrected chi connectivity index (χ0v) is 20.5. The van der Waals surface area contributed by atoms with Crippen LogP contribution in [0, 0.1) is 22.7 Å². The summed E-state index contributed by atoms with van der Waals surface area (Å²) in [6.07, 6.45) is 1.81. The van der Waals surface area contributed by atoms with Crippen LogP contribution in [0.2, 0.25) is 0 Å². The Morgan fingerprint density at radius 3 is 1.94 bits per heavy atom. The number of nitrogens with two attached hydrogens (primary N) is 1. The molecule has 5 nitrogen and oxygen atoms in total. The third-order valence-electron chi connectivity index (χ3n) is 6.23. The van der Waals surface area contributed by atoms with Gasteiger partial charge in [-0.25, -0.2) is 0 Å². The standard InChI is InChI=1S/C28H26N4OS/c1-16(2)19-7-5-18(6-8-19)13-24-27(33)32-26(31)22(14-29)25(23(15-30)28(32)34-24)21-11-9-20(10-12-21)17(3)4/h5-13,16-17,25H,31H2,1-4H3/b24-13+. The van der Waals surface area contributed by atoms with Gasteiger partial charge in [0, 0.05) is 0 Å². The Balaban J connectivity index is 1.94. The molecule has 170 valence electrons. The lowest BCUT2D eigenvalue weighted by Gasteiger charge is -2.22. The average Bonchev–Trinajstić information content (AvgIpc) is 3.15. The van der Waals surface area contributed by atoms with E-state index in [0.29, 0.717) is 26.6 Å². The van der Waals surface area contributed by atoms with Crippen LogP contribution in [0.25, 0.3) is 17.5 Å². The molecule has 2 heterocycles. The van der Waals surface area contributed by atoms with Crippen LogP contribution >= 0.6 is 11.3 Å². The smallest absolute Gasteiger partial charge is 0.274 e. The molecule has 0 amide bonds. The van der Waals surface area contributed by atoms with Gasteiger partial charge in [0.25, 0.3) is 5.56 Å². The van der Waals surface area contributed by atoms with E-state index in [1.54, 1.807) is 0 Å². The molecule has 1 aromatic heterocycles. The summed E-state index contributed by atoms with van der Waals surface area (Å²) in [5.41, 5.74) is 10.7. The highest BCUT2D eigenvalue weighted by atomic mass is 32.1. The maximum Gasteiger partial charge on any atom is 0.274 e. The minimum Gasteiger partial charge on any atom is -0.384 e. The zero-order chi connectivity index (χ0) is 24.6. The van der Waals surface area contributed by atoms with Crippen LogP contribution in [0.4, 0.5) is 0 Å². The normalized spacial score (nSPS) is 16.1. The van der Waals surface area contributed by atoms with E-state index < -0.39 is 5.92 Å². The van der Waals surface area contributed by atoms with Gasteiger partial charge in [0.2, 0.25) is 0 Å². The Bertz CT molecular complexity index is 1540. The molecular formula is C28H26N4OS. The van der Waals surface area contributed by atoms with E-state index in [-0.39, 0.29) is 17.0 Å². The van der Waals surface area contributed by atoms with Crippen molar-refractivity contribution in [3.63, 3.8) is 0 Å². The summed E-state index contributed by atoms with van der Waals surface area (Å²) in [5, 5.41) is 20.1. The summed E-state index contributed by atoms with van der Waals surface area (Å²) in [5.74, 6) is 0.270. The summed E-state index contributed by atoms with van der Waals surface area (Å²) < 4.78 is 2.26. The topological polar surface area (TPSA) is 95.6 Å². The highest BCUT2D eigenvalue weighted by molar-refractivity contribution is 7.07. The van der Waals surface area contributed by atoms with Gasteiger partial charge in [-0.2, -0.15) is 10.5 Å². The second kappa shape index (κ2) is 9.17. The van der Waals surface area contributed by atoms with Crippen LogP contribution in [0.15, 0.2) is 58.9 Å². The first-order chi connectivity index (χ1) is 16.3. The fourth-order valence-electron chi connectivity index (χ4n) is 4.19. The number of allylic oxidation sites excluding steroid dienone is 1. The van der Waals surface area contributed by atoms with Crippen molar-refractivity contribution >= 4 is 28.8 Å². The predicted octanol–water partition coefficient (Wildman–Crippen LogP) is 4.11. The fourth-order valence-corrected chi connectivity index (χ4v) is 5.31. The molecule has 0 spiro atoms. The summed E-state index contributed by atoms with van der Waals surface area (Å²) in [6.45, 7) is 8.48. The summed E-state index contributed by atoms with van der Waals surface area (Å²) in [4.78, 5) is 13.3. The van der Waals surface area contributed by atoms with Gasteiger partial charge in [-0.3, -0.25) is 9.36 Å². The molecule has 34 heavy (non-hydrogen) atoms. The highest BCUT2D eigenvalue weighted by Crippen LogP contribution is 2.36. The molecule has 1 aliphatic rings. The van der Waals surface area contributed by atoms with Gasteiger partial charge in [-0.15, -0.1) is 11.3 Å². The molecule has 0 saturated carbocycles. The van der Waals surface area contributed by atoms with Crippen LogP contribution in [-0.4, -0.2) is 4.57 Å². The molecule has 0 radical (unpaired) electrons. The first-order valence-corrected chi connectivity index (χ1v) is 12.1. The van der Waals surface area contributed by atoms with Crippen LogP contribution < -0.4 is 20.5 Å². The number of nitriles is 2. The van der Waals surface area contributed by atoms with Crippen molar-refractivity contribution in [2.75, 3.05) is 0 Å². The number of hydrogen-bond acceptors (Lipinski definition) is 5. The summed E-state index contributed by atoms with van der Waals surface area (Å²) in [7, 11) is 0.